The molecule has 29 heavy (non-hydrogen) atoms. The van der Waals surface area contributed by atoms with Gasteiger partial charge in [0.1, 0.15) is 11.4 Å². The van der Waals surface area contributed by atoms with E-state index in [1.807, 2.05) is 55.5 Å². The summed E-state index contributed by atoms with van der Waals surface area (Å²) in [7, 11) is 0. The summed E-state index contributed by atoms with van der Waals surface area (Å²) in [5.74, 6) is 0.444. The maximum Gasteiger partial charge on any atom is 0.289 e. The molecule has 0 aliphatic rings. The van der Waals surface area contributed by atoms with Crippen LogP contribution in [0.3, 0.4) is 0 Å². The van der Waals surface area contributed by atoms with Crippen LogP contribution in [0, 0.1) is 0 Å². The smallest absolute Gasteiger partial charge is 0.289 e. The molecule has 1 heterocycles. The number of benzene rings is 3. The number of rotatable bonds is 6. The Labute approximate surface area is 168 Å². The molecule has 0 unspecified atom stereocenters. The minimum absolute atomic E-state index is 0.344. The van der Waals surface area contributed by atoms with Gasteiger partial charge in [0.05, 0.1) is 18.5 Å². The van der Waals surface area contributed by atoms with E-state index in [9.17, 15) is 4.79 Å². The molecule has 3 aromatic carbocycles. The highest BCUT2D eigenvalue weighted by Crippen LogP contribution is 2.23. The van der Waals surface area contributed by atoms with Crippen molar-refractivity contribution in [3.8, 4) is 17.0 Å². The summed E-state index contributed by atoms with van der Waals surface area (Å²) in [6, 6.07) is 23.4. The van der Waals surface area contributed by atoms with Gasteiger partial charge in [-0.3, -0.25) is 9.89 Å². The normalized spacial score (nSPS) is 11.1. The molecule has 0 aliphatic heterocycles. The summed E-state index contributed by atoms with van der Waals surface area (Å²) in [4.78, 5) is 12.3. The molecule has 0 saturated heterocycles. The van der Waals surface area contributed by atoms with Gasteiger partial charge >= 0.3 is 0 Å². The average molecular weight is 384 g/mol. The third-order valence-electron chi connectivity index (χ3n) is 4.44. The van der Waals surface area contributed by atoms with Gasteiger partial charge in [0.15, 0.2) is 0 Å². The van der Waals surface area contributed by atoms with Crippen molar-refractivity contribution >= 4 is 22.9 Å². The van der Waals surface area contributed by atoms with Crippen LogP contribution in [0.25, 0.3) is 22.0 Å². The topological polar surface area (TPSA) is 79.4 Å². The first-order valence-electron chi connectivity index (χ1n) is 9.34. The number of fused-ring (bicyclic) bond motifs is 1. The summed E-state index contributed by atoms with van der Waals surface area (Å²) < 4.78 is 5.40. The Morgan fingerprint density at radius 2 is 1.86 bits per heavy atom. The zero-order valence-corrected chi connectivity index (χ0v) is 15.9. The minimum Gasteiger partial charge on any atom is -0.494 e. The van der Waals surface area contributed by atoms with E-state index in [1.54, 1.807) is 12.3 Å². The van der Waals surface area contributed by atoms with Gasteiger partial charge in [-0.05, 0) is 59.7 Å². The van der Waals surface area contributed by atoms with Gasteiger partial charge in [0.25, 0.3) is 5.91 Å². The molecule has 0 atom stereocenters. The Morgan fingerprint density at radius 3 is 2.66 bits per heavy atom. The summed E-state index contributed by atoms with van der Waals surface area (Å²) in [6.45, 7) is 2.56. The second-order valence-electron chi connectivity index (χ2n) is 6.43. The van der Waals surface area contributed by atoms with Crippen LogP contribution in [0.5, 0.6) is 5.75 Å². The van der Waals surface area contributed by atoms with Gasteiger partial charge in [-0.2, -0.15) is 10.2 Å². The highest BCUT2D eigenvalue weighted by atomic mass is 16.5. The fraction of sp³-hybridized carbons (Fsp3) is 0.0870. The van der Waals surface area contributed by atoms with Crippen LogP contribution in [-0.2, 0) is 0 Å². The van der Waals surface area contributed by atoms with Crippen LogP contribution >= 0.6 is 0 Å². The number of carbonyl (C=O) groups excluding carboxylic acids is 1. The fourth-order valence-corrected chi connectivity index (χ4v) is 2.98. The molecule has 4 aromatic rings. The van der Waals surface area contributed by atoms with Crippen molar-refractivity contribution in [2.45, 2.75) is 6.92 Å². The van der Waals surface area contributed by atoms with Gasteiger partial charge in [0.2, 0.25) is 0 Å². The third-order valence-corrected chi connectivity index (χ3v) is 4.44. The highest BCUT2D eigenvalue weighted by molar-refractivity contribution is 5.94. The number of hydrogen-bond acceptors (Lipinski definition) is 4. The van der Waals surface area contributed by atoms with Crippen LogP contribution in [-0.4, -0.2) is 28.9 Å². The maximum atomic E-state index is 12.3. The molecule has 0 aliphatic carbocycles. The van der Waals surface area contributed by atoms with Crippen molar-refractivity contribution in [2.24, 2.45) is 5.10 Å². The summed E-state index contributed by atoms with van der Waals surface area (Å²) >= 11 is 0. The van der Waals surface area contributed by atoms with Crippen molar-refractivity contribution in [1.82, 2.24) is 15.6 Å². The van der Waals surface area contributed by atoms with Gasteiger partial charge in [-0.1, -0.05) is 36.4 Å². The molecular formula is C23H20N4O2. The zero-order chi connectivity index (χ0) is 20.1. The number of nitrogens with zero attached hydrogens (tertiary/aromatic N) is 2. The lowest BCUT2D eigenvalue weighted by Gasteiger charge is -2.02. The summed E-state index contributed by atoms with van der Waals surface area (Å²) in [6.07, 6.45) is 1.58. The molecule has 0 radical (unpaired) electrons. The van der Waals surface area contributed by atoms with E-state index in [1.165, 1.54) is 0 Å². The van der Waals surface area contributed by atoms with Gasteiger partial charge in [0, 0.05) is 5.56 Å². The first-order chi connectivity index (χ1) is 14.2. The Hall–Kier alpha value is -3.93. The molecule has 0 fully saturated rings. The van der Waals surface area contributed by atoms with Crippen molar-refractivity contribution in [3.05, 3.63) is 84.1 Å². The number of ether oxygens (including phenoxy) is 1. The van der Waals surface area contributed by atoms with E-state index in [4.69, 9.17) is 4.74 Å². The van der Waals surface area contributed by atoms with E-state index in [2.05, 4.69) is 38.9 Å². The Balaban J connectivity index is 1.42. The predicted octanol–water partition coefficient (Wildman–Crippen LogP) is 4.39. The molecule has 0 saturated carbocycles. The van der Waals surface area contributed by atoms with Crippen molar-refractivity contribution in [2.75, 3.05) is 6.61 Å². The Bertz CT molecular complexity index is 1160. The number of hydrogen-bond donors (Lipinski definition) is 2. The lowest BCUT2D eigenvalue weighted by atomic mass is 10.1. The van der Waals surface area contributed by atoms with Gasteiger partial charge < -0.3 is 4.74 Å². The minimum atomic E-state index is -0.355. The number of H-pyrrole nitrogens is 1. The van der Waals surface area contributed by atoms with E-state index in [-0.39, 0.29) is 5.91 Å². The molecule has 2 N–H and O–H groups in total. The number of nitrogens with one attached hydrogen (secondary N) is 2. The van der Waals surface area contributed by atoms with Crippen LogP contribution in [0.4, 0.5) is 0 Å². The van der Waals surface area contributed by atoms with Crippen molar-refractivity contribution in [1.29, 1.82) is 0 Å². The van der Waals surface area contributed by atoms with Crippen molar-refractivity contribution in [3.63, 3.8) is 0 Å². The lowest BCUT2D eigenvalue weighted by molar-refractivity contribution is 0.0950. The van der Waals surface area contributed by atoms with E-state index < -0.39 is 0 Å². The number of hydrazone groups is 1. The third kappa shape index (κ3) is 4.32. The Morgan fingerprint density at radius 1 is 1.07 bits per heavy atom. The standard InChI is InChI=1S/C23H20N4O2/c1-2-29-20-11-7-16(8-12-20)15-24-27-23(28)22-14-21(25-26-22)19-10-9-17-5-3-4-6-18(17)13-19/h3-15H,2H2,1H3,(H,25,26)(H,27,28). The Kier molecular flexibility index (Phi) is 5.33. The monoisotopic (exact) mass is 384 g/mol. The molecule has 0 spiro atoms. The lowest BCUT2D eigenvalue weighted by Crippen LogP contribution is -2.17. The number of aromatic amines is 1. The molecule has 144 valence electrons. The SMILES string of the molecule is CCOc1ccc(C=NNC(=O)c2cc(-c3ccc4ccccc4c3)n[nH]2)cc1. The first-order valence-corrected chi connectivity index (χ1v) is 9.34. The van der Waals surface area contributed by atoms with Gasteiger partial charge in [-0.25, -0.2) is 5.43 Å². The molecule has 6 heteroatoms. The second-order valence-corrected chi connectivity index (χ2v) is 6.43. The fourth-order valence-electron chi connectivity index (χ4n) is 2.98. The molecular weight excluding hydrogens is 364 g/mol. The van der Waals surface area contributed by atoms with E-state index >= 15 is 0 Å². The average Bonchev–Trinajstić information content (AvgIpc) is 3.25. The highest BCUT2D eigenvalue weighted by Gasteiger charge is 2.10. The molecule has 6 nitrogen and oxygen atoms in total. The van der Waals surface area contributed by atoms with Crippen LogP contribution in [0.2, 0.25) is 0 Å². The van der Waals surface area contributed by atoms with E-state index in [0.717, 1.165) is 27.6 Å². The number of amides is 1. The van der Waals surface area contributed by atoms with Gasteiger partial charge in [-0.15, -0.1) is 0 Å². The van der Waals surface area contributed by atoms with Crippen LogP contribution in [0.15, 0.2) is 77.9 Å². The summed E-state index contributed by atoms with van der Waals surface area (Å²) in [5.41, 5.74) is 5.36. The molecule has 1 amide bonds. The molecule has 0 bridgehead atoms. The van der Waals surface area contributed by atoms with E-state index in [0.29, 0.717) is 18.0 Å². The first kappa shape index (κ1) is 18.4. The zero-order valence-electron chi connectivity index (χ0n) is 15.9. The molecule has 1 aromatic heterocycles. The quantitative estimate of drug-likeness (QED) is 0.382. The van der Waals surface area contributed by atoms with Crippen LogP contribution in [0.1, 0.15) is 23.0 Å². The maximum absolute atomic E-state index is 12.3. The number of aromatic nitrogens is 2. The summed E-state index contributed by atoms with van der Waals surface area (Å²) in [5, 5.41) is 13.3. The molecule has 4 rings (SSSR count). The number of carbonyl (C=O) groups is 1. The van der Waals surface area contributed by atoms with Crippen LogP contribution < -0.4 is 10.2 Å². The van der Waals surface area contributed by atoms with Crippen molar-refractivity contribution < 1.29 is 9.53 Å². The predicted molar refractivity (Wildman–Crippen MR) is 114 cm³/mol. The second kappa shape index (κ2) is 8.39. The largest absolute Gasteiger partial charge is 0.494 e.